The van der Waals surface area contributed by atoms with E-state index in [1.165, 1.54) is 30.6 Å². The van der Waals surface area contributed by atoms with Crippen LogP contribution in [0.3, 0.4) is 0 Å². The second kappa shape index (κ2) is 6.63. The molecule has 112 valence electrons. The van der Waals surface area contributed by atoms with Gasteiger partial charge in [-0.2, -0.15) is 0 Å². The quantitative estimate of drug-likeness (QED) is 0.875. The van der Waals surface area contributed by atoms with E-state index < -0.39 is 0 Å². The molecule has 20 heavy (non-hydrogen) atoms. The van der Waals surface area contributed by atoms with Crippen molar-refractivity contribution in [3.8, 4) is 0 Å². The van der Waals surface area contributed by atoms with Crippen molar-refractivity contribution in [2.75, 3.05) is 13.6 Å². The highest BCUT2D eigenvalue weighted by Gasteiger charge is 2.31. The van der Waals surface area contributed by atoms with E-state index in [-0.39, 0.29) is 11.4 Å². The molecule has 1 heterocycles. The minimum absolute atomic E-state index is 0.0550. The molecule has 1 aliphatic rings. The fourth-order valence-corrected chi connectivity index (χ4v) is 3.39. The van der Waals surface area contributed by atoms with Gasteiger partial charge in [0.1, 0.15) is 5.01 Å². The predicted molar refractivity (Wildman–Crippen MR) is 81.2 cm³/mol. The molecule has 0 atom stereocenters. The highest BCUT2D eigenvalue weighted by atomic mass is 32.1. The lowest BCUT2D eigenvalue weighted by Crippen LogP contribution is -2.53. The number of hydrogen-bond donors (Lipinski definition) is 2. The fourth-order valence-electron chi connectivity index (χ4n) is 2.63. The summed E-state index contributed by atoms with van der Waals surface area (Å²) in [6, 6.07) is 0. The van der Waals surface area contributed by atoms with Gasteiger partial charge in [-0.05, 0) is 19.9 Å². The first-order valence-corrected chi connectivity index (χ1v) is 8.18. The Labute approximate surface area is 124 Å². The summed E-state index contributed by atoms with van der Waals surface area (Å²) in [7, 11) is 1.99. The number of nitrogens with zero attached hydrogens (tertiary/aromatic N) is 2. The Kier molecular flexibility index (Phi) is 5.10. The largest absolute Gasteiger partial charge is 0.348 e. The number of rotatable bonds is 5. The molecular formula is C14H24N4OS. The van der Waals surface area contributed by atoms with Gasteiger partial charge in [0.2, 0.25) is 5.01 Å². The first-order valence-electron chi connectivity index (χ1n) is 7.37. The summed E-state index contributed by atoms with van der Waals surface area (Å²) in [6.07, 6.45) is 6.00. The summed E-state index contributed by atoms with van der Waals surface area (Å²) in [6.45, 7) is 4.78. The highest BCUT2D eigenvalue weighted by molar-refractivity contribution is 7.13. The van der Waals surface area contributed by atoms with Gasteiger partial charge in [-0.1, -0.05) is 44.4 Å². The minimum atomic E-state index is -0.102. The molecule has 0 aliphatic heterocycles. The minimum Gasteiger partial charge on any atom is -0.348 e. The Morgan fingerprint density at radius 1 is 1.30 bits per heavy atom. The average Bonchev–Trinajstić information content (AvgIpc) is 2.96. The number of likely N-dealkylation sites (N-methyl/N-ethyl adjacent to an activating group) is 1. The van der Waals surface area contributed by atoms with Gasteiger partial charge < -0.3 is 10.6 Å². The molecule has 0 radical (unpaired) electrons. The lowest BCUT2D eigenvalue weighted by molar-refractivity contribution is 0.0930. The van der Waals surface area contributed by atoms with Gasteiger partial charge in [0.25, 0.3) is 5.91 Å². The van der Waals surface area contributed by atoms with Gasteiger partial charge in [-0.15, -0.1) is 10.2 Å². The van der Waals surface area contributed by atoms with Crippen LogP contribution in [0, 0.1) is 0 Å². The molecule has 0 aromatic carbocycles. The predicted octanol–water partition coefficient (Wildman–Crippen LogP) is 2.31. The number of aromatic nitrogens is 2. The van der Waals surface area contributed by atoms with Crippen LogP contribution in [0.2, 0.25) is 0 Å². The van der Waals surface area contributed by atoms with Gasteiger partial charge in [0, 0.05) is 18.0 Å². The zero-order valence-electron chi connectivity index (χ0n) is 12.5. The molecule has 1 saturated carbocycles. The van der Waals surface area contributed by atoms with Crippen LogP contribution in [0.15, 0.2) is 0 Å². The van der Waals surface area contributed by atoms with E-state index in [1.54, 1.807) is 0 Å². The lowest BCUT2D eigenvalue weighted by Gasteiger charge is -2.37. The average molecular weight is 296 g/mol. The summed E-state index contributed by atoms with van der Waals surface area (Å²) in [4.78, 5) is 12.2. The standard InChI is InChI=1S/C14H24N4OS/c1-10(2)12-17-18-13(20-12)11(19)16-9-14(15-3)7-5-4-6-8-14/h10,15H,4-9H2,1-3H3,(H,16,19). The van der Waals surface area contributed by atoms with Crippen molar-refractivity contribution in [3.63, 3.8) is 0 Å². The zero-order valence-corrected chi connectivity index (χ0v) is 13.3. The van der Waals surface area contributed by atoms with Gasteiger partial charge in [0.15, 0.2) is 0 Å². The Bertz CT molecular complexity index is 452. The van der Waals surface area contributed by atoms with E-state index in [0.29, 0.717) is 17.5 Å². The number of nitrogens with one attached hydrogen (secondary N) is 2. The number of hydrogen-bond acceptors (Lipinski definition) is 5. The normalized spacial score (nSPS) is 18.2. The molecule has 5 nitrogen and oxygen atoms in total. The topological polar surface area (TPSA) is 66.9 Å². The summed E-state index contributed by atoms with van der Waals surface area (Å²) in [5.74, 6) is 0.214. The molecule has 6 heteroatoms. The maximum atomic E-state index is 12.2. The van der Waals surface area contributed by atoms with Crippen molar-refractivity contribution < 1.29 is 4.79 Å². The third-order valence-corrected chi connectivity index (χ3v) is 5.28. The van der Waals surface area contributed by atoms with Crippen molar-refractivity contribution in [2.45, 2.75) is 57.4 Å². The van der Waals surface area contributed by atoms with Crippen molar-refractivity contribution in [1.82, 2.24) is 20.8 Å². The molecule has 2 N–H and O–H groups in total. The maximum absolute atomic E-state index is 12.2. The van der Waals surface area contributed by atoms with Crippen molar-refractivity contribution in [3.05, 3.63) is 10.0 Å². The van der Waals surface area contributed by atoms with Crippen LogP contribution in [-0.4, -0.2) is 35.2 Å². The molecule has 1 aromatic rings. The van der Waals surface area contributed by atoms with Crippen molar-refractivity contribution in [2.24, 2.45) is 0 Å². The van der Waals surface area contributed by atoms with E-state index in [0.717, 1.165) is 17.8 Å². The van der Waals surface area contributed by atoms with E-state index in [2.05, 4.69) is 34.7 Å². The van der Waals surface area contributed by atoms with Crippen LogP contribution in [0.25, 0.3) is 0 Å². The zero-order chi connectivity index (χ0) is 14.6. The Balaban J connectivity index is 1.93. The first kappa shape index (κ1) is 15.4. The Hall–Kier alpha value is -1.01. The highest BCUT2D eigenvalue weighted by Crippen LogP contribution is 2.27. The third-order valence-electron chi connectivity index (χ3n) is 4.06. The van der Waals surface area contributed by atoms with Crippen molar-refractivity contribution >= 4 is 17.2 Å². The molecular weight excluding hydrogens is 272 g/mol. The van der Waals surface area contributed by atoms with Gasteiger partial charge in [-0.3, -0.25) is 4.79 Å². The monoisotopic (exact) mass is 296 g/mol. The second-order valence-corrected chi connectivity index (χ2v) is 6.88. The first-order chi connectivity index (χ1) is 9.56. The van der Waals surface area contributed by atoms with Crippen molar-refractivity contribution in [1.29, 1.82) is 0 Å². The Morgan fingerprint density at radius 2 is 2.00 bits per heavy atom. The molecule has 0 bridgehead atoms. The second-order valence-electron chi connectivity index (χ2n) is 5.87. The van der Waals surface area contributed by atoms with E-state index in [9.17, 15) is 4.79 Å². The molecule has 1 fully saturated rings. The van der Waals surface area contributed by atoms with Gasteiger partial charge >= 0.3 is 0 Å². The molecule has 1 aliphatic carbocycles. The summed E-state index contributed by atoms with van der Waals surface area (Å²) in [5.41, 5.74) is 0.0550. The van der Waals surface area contributed by atoms with Crippen LogP contribution in [-0.2, 0) is 0 Å². The lowest BCUT2D eigenvalue weighted by atomic mass is 9.82. The SMILES string of the molecule is CNC1(CNC(=O)c2nnc(C(C)C)s2)CCCCC1. The molecule has 1 amide bonds. The van der Waals surface area contributed by atoms with Crippen LogP contribution in [0.4, 0.5) is 0 Å². The molecule has 2 rings (SSSR count). The molecule has 0 unspecified atom stereocenters. The van der Waals surface area contributed by atoms with Crippen LogP contribution in [0.1, 0.15) is 66.7 Å². The third kappa shape index (κ3) is 3.55. The van der Waals surface area contributed by atoms with Crippen LogP contribution in [0.5, 0.6) is 0 Å². The number of carbonyl (C=O) groups is 1. The summed E-state index contributed by atoms with van der Waals surface area (Å²) < 4.78 is 0. The van der Waals surface area contributed by atoms with Gasteiger partial charge in [0.05, 0.1) is 0 Å². The molecule has 0 saturated heterocycles. The maximum Gasteiger partial charge on any atom is 0.282 e. The van der Waals surface area contributed by atoms with E-state index >= 15 is 0 Å². The Morgan fingerprint density at radius 3 is 2.55 bits per heavy atom. The van der Waals surface area contributed by atoms with Crippen LogP contribution < -0.4 is 10.6 Å². The van der Waals surface area contributed by atoms with Gasteiger partial charge in [-0.25, -0.2) is 0 Å². The number of amides is 1. The number of carbonyl (C=O) groups excluding carboxylic acids is 1. The van der Waals surface area contributed by atoms with E-state index in [4.69, 9.17) is 0 Å². The molecule has 0 spiro atoms. The fraction of sp³-hybridized carbons (Fsp3) is 0.786. The van der Waals surface area contributed by atoms with Crippen LogP contribution >= 0.6 is 11.3 Å². The van der Waals surface area contributed by atoms with E-state index in [1.807, 2.05) is 7.05 Å². The molecule has 1 aromatic heterocycles. The smallest absolute Gasteiger partial charge is 0.282 e. The summed E-state index contributed by atoms with van der Waals surface area (Å²) in [5, 5.41) is 15.8. The summed E-state index contributed by atoms with van der Waals surface area (Å²) >= 11 is 1.39.